The standard InChI is InChI=1S/C12H20BrN3/c1-5-14-9(4)11(8(2)3)12-15-6-10(13)7-16-12/h6-9,11,14H,5H2,1-4H3. The van der Waals surface area contributed by atoms with Crippen molar-refractivity contribution in [1.29, 1.82) is 0 Å². The molecule has 1 aromatic heterocycles. The van der Waals surface area contributed by atoms with Gasteiger partial charge in [-0.2, -0.15) is 0 Å². The number of likely N-dealkylation sites (N-methyl/N-ethyl adjacent to an activating group) is 1. The normalized spacial score (nSPS) is 15.1. The van der Waals surface area contributed by atoms with Gasteiger partial charge in [-0.1, -0.05) is 20.8 Å². The fourth-order valence-corrected chi connectivity index (χ4v) is 2.25. The third kappa shape index (κ3) is 3.52. The van der Waals surface area contributed by atoms with Crippen LogP contribution < -0.4 is 5.32 Å². The van der Waals surface area contributed by atoms with Crippen LogP contribution in [0.3, 0.4) is 0 Å². The number of nitrogens with one attached hydrogen (secondary N) is 1. The molecule has 1 rings (SSSR count). The number of aromatic nitrogens is 2. The van der Waals surface area contributed by atoms with Crippen molar-refractivity contribution < 1.29 is 0 Å². The summed E-state index contributed by atoms with van der Waals surface area (Å²) in [6, 6.07) is 0.395. The number of nitrogens with zero attached hydrogens (tertiary/aromatic N) is 2. The molecule has 16 heavy (non-hydrogen) atoms. The Morgan fingerprint density at radius 3 is 2.25 bits per heavy atom. The SMILES string of the molecule is CCNC(C)C(c1ncc(Br)cn1)C(C)C. The van der Waals surface area contributed by atoms with Gasteiger partial charge >= 0.3 is 0 Å². The maximum absolute atomic E-state index is 4.41. The summed E-state index contributed by atoms with van der Waals surface area (Å²) in [6.07, 6.45) is 3.63. The first-order valence-electron chi connectivity index (χ1n) is 5.77. The third-order valence-corrected chi connectivity index (χ3v) is 3.13. The van der Waals surface area contributed by atoms with Gasteiger partial charge in [-0.25, -0.2) is 9.97 Å². The molecule has 4 heteroatoms. The van der Waals surface area contributed by atoms with Crippen molar-refractivity contribution in [2.45, 2.75) is 39.7 Å². The second kappa shape index (κ2) is 6.30. The van der Waals surface area contributed by atoms with Crippen LogP contribution in [-0.2, 0) is 0 Å². The first-order chi connectivity index (χ1) is 7.56. The largest absolute Gasteiger partial charge is 0.314 e. The Balaban J connectivity index is 2.89. The molecule has 2 atom stereocenters. The van der Waals surface area contributed by atoms with Crippen LogP contribution in [0.25, 0.3) is 0 Å². The van der Waals surface area contributed by atoms with E-state index >= 15 is 0 Å². The fraction of sp³-hybridized carbons (Fsp3) is 0.667. The quantitative estimate of drug-likeness (QED) is 0.904. The van der Waals surface area contributed by atoms with Crippen molar-refractivity contribution in [2.24, 2.45) is 5.92 Å². The van der Waals surface area contributed by atoms with E-state index in [1.54, 1.807) is 0 Å². The van der Waals surface area contributed by atoms with Gasteiger partial charge < -0.3 is 5.32 Å². The number of hydrogen-bond donors (Lipinski definition) is 1. The summed E-state index contributed by atoms with van der Waals surface area (Å²) < 4.78 is 0.926. The van der Waals surface area contributed by atoms with Gasteiger partial charge in [0.1, 0.15) is 5.82 Å². The molecule has 90 valence electrons. The van der Waals surface area contributed by atoms with Crippen LogP contribution >= 0.6 is 15.9 Å². The van der Waals surface area contributed by atoms with Gasteiger partial charge in [0.25, 0.3) is 0 Å². The summed E-state index contributed by atoms with van der Waals surface area (Å²) >= 11 is 3.36. The molecule has 0 aromatic carbocycles. The molecule has 0 aliphatic rings. The van der Waals surface area contributed by atoms with E-state index in [4.69, 9.17) is 0 Å². The topological polar surface area (TPSA) is 37.8 Å². The summed E-state index contributed by atoms with van der Waals surface area (Å²) in [6.45, 7) is 9.71. The van der Waals surface area contributed by atoms with Gasteiger partial charge in [-0.05, 0) is 35.3 Å². The van der Waals surface area contributed by atoms with E-state index in [0.29, 0.717) is 17.9 Å². The van der Waals surface area contributed by atoms with Crippen LogP contribution in [0.4, 0.5) is 0 Å². The molecule has 0 aliphatic carbocycles. The lowest BCUT2D eigenvalue weighted by Crippen LogP contribution is -2.35. The van der Waals surface area contributed by atoms with Crippen LogP contribution in [0.2, 0.25) is 0 Å². The number of rotatable bonds is 5. The Morgan fingerprint density at radius 2 is 1.81 bits per heavy atom. The highest BCUT2D eigenvalue weighted by molar-refractivity contribution is 9.10. The Labute approximate surface area is 106 Å². The van der Waals surface area contributed by atoms with Crippen molar-refractivity contribution in [1.82, 2.24) is 15.3 Å². The zero-order valence-electron chi connectivity index (χ0n) is 10.4. The lowest BCUT2D eigenvalue weighted by Gasteiger charge is -2.26. The first-order valence-corrected chi connectivity index (χ1v) is 6.56. The molecule has 1 heterocycles. The van der Waals surface area contributed by atoms with Crippen molar-refractivity contribution in [3.8, 4) is 0 Å². The molecule has 0 aliphatic heterocycles. The number of hydrogen-bond acceptors (Lipinski definition) is 3. The van der Waals surface area contributed by atoms with Crippen LogP contribution in [0.1, 0.15) is 39.4 Å². The molecule has 0 saturated heterocycles. The summed E-state index contributed by atoms with van der Waals surface area (Å²) in [5.74, 6) is 1.80. The maximum Gasteiger partial charge on any atom is 0.133 e. The minimum absolute atomic E-state index is 0.355. The van der Waals surface area contributed by atoms with Crippen LogP contribution in [0, 0.1) is 5.92 Å². The van der Waals surface area contributed by atoms with Crippen molar-refractivity contribution in [3.63, 3.8) is 0 Å². The molecular formula is C12H20BrN3. The zero-order chi connectivity index (χ0) is 12.1. The van der Waals surface area contributed by atoms with Crippen molar-refractivity contribution in [3.05, 3.63) is 22.7 Å². The highest BCUT2D eigenvalue weighted by Crippen LogP contribution is 2.25. The van der Waals surface area contributed by atoms with Crippen molar-refractivity contribution >= 4 is 15.9 Å². The van der Waals surface area contributed by atoms with E-state index in [0.717, 1.165) is 16.8 Å². The minimum Gasteiger partial charge on any atom is -0.314 e. The average molecular weight is 286 g/mol. The highest BCUT2D eigenvalue weighted by Gasteiger charge is 2.24. The molecule has 0 spiro atoms. The molecule has 2 unspecified atom stereocenters. The van der Waals surface area contributed by atoms with Gasteiger partial charge in [0.15, 0.2) is 0 Å². The lowest BCUT2D eigenvalue weighted by atomic mass is 9.88. The summed E-state index contributed by atoms with van der Waals surface area (Å²) in [4.78, 5) is 8.81. The summed E-state index contributed by atoms with van der Waals surface area (Å²) in [5.41, 5.74) is 0. The van der Waals surface area contributed by atoms with E-state index in [-0.39, 0.29) is 0 Å². The van der Waals surface area contributed by atoms with E-state index in [1.165, 1.54) is 0 Å². The smallest absolute Gasteiger partial charge is 0.133 e. The Bertz CT molecular complexity index is 311. The monoisotopic (exact) mass is 285 g/mol. The molecule has 0 amide bonds. The lowest BCUT2D eigenvalue weighted by molar-refractivity contribution is 0.368. The zero-order valence-corrected chi connectivity index (χ0v) is 12.0. The van der Waals surface area contributed by atoms with E-state index in [9.17, 15) is 0 Å². The molecular weight excluding hydrogens is 266 g/mol. The molecule has 0 saturated carbocycles. The Hall–Kier alpha value is -0.480. The van der Waals surface area contributed by atoms with Gasteiger partial charge in [0.2, 0.25) is 0 Å². The predicted octanol–water partition coefficient (Wildman–Crippen LogP) is 2.98. The van der Waals surface area contributed by atoms with E-state index in [1.807, 2.05) is 12.4 Å². The van der Waals surface area contributed by atoms with Gasteiger partial charge in [-0.3, -0.25) is 0 Å². The molecule has 1 aromatic rings. The molecule has 1 N–H and O–H groups in total. The molecule has 3 nitrogen and oxygen atoms in total. The van der Waals surface area contributed by atoms with Crippen molar-refractivity contribution in [2.75, 3.05) is 6.54 Å². The third-order valence-electron chi connectivity index (χ3n) is 2.72. The van der Waals surface area contributed by atoms with E-state index in [2.05, 4.69) is 58.9 Å². The van der Waals surface area contributed by atoms with E-state index < -0.39 is 0 Å². The number of halogens is 1. The molecule has 0 bridgehead atoms. The maximum atomic E-state index is 4.41. The second-order valence-corrected chi connectivity index (χ2v) is 5.29. The van der Waals surface area contributed by atoms with Crippen LogP contribution in [0.5, 0.6) is 0 Å². The van der Waals surface area contributed by atoms with Crippen LogP contribution in [0.15, 0.2) is 16.9 Å². The van der Waals surface area contributed by atoms with Gasteiger partial charge in [0.05, 0.1) is 4.47 Å². The fourth-order valence-electron chi connectivity index (χ4n) is 2.04. The summed E-state index contributed by atoms with van der Waals surface area (Å²) in [7, 11) is 0. The second-order valence-electron chi connectivity index (χ2n) is 4.38. The Morgan fingerprint density at radius 1 is 1.25 bits per heavy atom. The van der Waals surface area contributed by atoms with Crippen LogP contribution in [-0.4, -0.2) is 22.6 Å². The average Bonchev–Trinajstić information content (AvgIpc) is 2.21. The summed E-state index contributed by atoms with van der Waals surface area (Å²) in [5, 5.41) is 3.45. The molecule has 0 fully saturated rings. The van der Waals surface area contributed by atoms with Gasteiger partial charge in [0, 0.05) is 24.4 Å². The first kappa shape index (κ1) is 13.6. The molecule has 0 radical (unpaired) electrons. The predicted molar refractivity (Wildman–Crippen MR) is 70.4 cm³/mol. The Kier molecular flexibility index (Phi) is 5.35. The van der Waals surface area contributed by atoms with Gasteiger partial charge in [-0.15, -0.1) is 0 Å². The minimum atomic E-state index is 0.355. The highest BCUT2D eigenvalue weighted by atomic mass is 79.9.